The Morgan fingerprint density at radius 1 is 1.12 bits per heavy atom. The molecule has 3 saturated heterocycles. The van der Waals surface area contributed by atoms with Crippen molar-refractivity contribution in [3.05, 3.63) is 0 Å². The number of rotatable bonds is 5. The van der Waals surface area contributed by atoms with E-state index in [2.05, 4.69) is 16.8 Å². The molecule has 1 amide bonds. The molecule has 0 radical (unpaired) electrons. The summed E-state index contributed by atoms with van der Waals surface area (Å²) in [6.45, 7) is 6.41. The minimum Gasteiger partial charge on any atom is -0.381 e. The molecule has 1 atom stereocenters. The first-order valence-electron chi connectivity index (χ1n) is 10.3. The van der Waals surface area contributed by atoms with Gasteiger partial charge in [0.05, 0.1) is 6.61 Å². The number of ether oxygens (including phenoxy) is 2. The van der Waals surface area contributed by atoms with E-state index >= 15 is 0 Å². The first-order chi connectivity index (χ1) is 12.2. The van der Waals surface area contributed by atoms with Crippen molar-refractivity contribution in [2.24, 2.45) is 17.3 Å². The molecule has 1 spiro atoms. The van der Waals surface area contributed by atoms with E-state index in [1.807, 2.05) is 0 Å². The van der Waals surface area contributed by atoms with Gasteiger partial charge >= 0.3 is 0 Å². The van der Waals surface area contributed by atoms with Gasteiger partial charge in [-0.3, -0.25) is 4.79 Å². The lowest BCUT2D eigenvalue weighted by molar-refractivity contribution is -0.140. The topological polar surface area (TPSA) is 42.0 Å². The van der Waals surface area contributed by atoms with Crippen molar-refractivity contribution in [1.82, 2.24) is 9.80 Å². The van der Waals surface area contributed by atoms with Gasteiger partial charge in [-0.1, -0.05) is 0 Å². The van der Waals surface area contributed by atoms with Gasteiger partial charge in [-0.25, -0.2) is 0 Å². The zero-order chi connectivity index (χ0) is 17.3. The Morgan fingerprint density at radius 2 is 1.84 bits per heavy atom. The van der Waals surface area contributed by atoms with Gasteiger partial charge < -0.3 is 19.3 Å². The summed E-state index contributed by atoms with van der Waals surface area (Å²) in [6.07, 6.45) is 8.10. The molecule has 4 rings (SSSR count). The molecule has 1 aliphatic carbocycles. The third kappa shape index (κ3) is 4.20. The Kier molecular flexibility index (Phi) is 5.35. The molecule has 0 bridgehead atoms. The van der Waals surface area contributed by atoms with Crippen molar-refractivity contribution in [2.75, 3.05) is 53.1 Å². The molecule has 1 saturated carbocycles. The number of hydrogen-bond donors (Lipinski definition) is 0. The minimum atomic E-state index is 0.206. The molecule has 1 unspecified atom stereocenters. The smallest absolute Gasteiger partial charge is 0.225 e. The van der Waals surface area contributed by atoms with Crippen LogP contribution in [0, 0.1) is 17.3 Å². The van der Waals surface area contributed by atoms with Crippen LogP contribution in [-0.2, 0) is 14.3 Å². The Bertz CT molecular complexity index is 466. The van der Waals surface area contributed by atoms with E-state index in [9.17, 15) is 4.79 Å². The molecule has 0 aromatic heterocycles. The Labute approximate surface area is 152 Å². The van der Waals surface area contributed by atoms with E-state index in [4.69, 9.17) is 9.47 Å². The van der Waals surface area contributed by atoms with Gasteiger partial charge in [-0.2, -0.15) is 0 Å². The summed E-state index contributed by atoms with van der Waals surface area (Å²) in [7, 11) is 2.25. The number of amides is 1. The van der Waals surface area contributed by atoms with Crippen molar-refractivity contribution >= 4 is 5.91 Å². The first-order valence-corrected chi connectivity index (χ1v) is 10.3. The van der Waals surface area contributed by atoms with E-state index in [0.29, 0.717) is 17.4 Å². The summed E-state index contributed by atoms with van der Waals surface area (Å²) >= 11 is 0. The summed E-state index contributed by atoms with van der Waals surface area (Å²) in [6, 6.07) is 0.566. The van der Waals surface area contributed by atoms with Crippen LogP contribution in [0.5, 0.6) is 0 Å². The van der Waals surface area contributed by atoms with Crippen LogP contribution in [0.2, 0.25) is 0 Å². The Balaban J connectivity index is 1.25. The highest BCUT2D eigenvalue weighted by molar-refractivity contribution is 5.79. The summed E-state index contributed by atoms with van der Waals surface area (Å²) < 4.78 is 11.4. The normalized spacial score (nSPS) is 30.9. The SMILES string of the molecule is CN1CC2(CCN(C(=O)C3CCOCC3)CC2)CC1COCC1CC1. The molecule has 3 heterocycles. The third-order valence-corrected chi connectivity index (χ3v) is 6.94. The van der Waals surface area contributed by atoms with Gasteiger partial charge in [0.1, 0.15) is 0 Å². The van der Waals surface area contributed by atoms with E-state index in [-0.39, 0.29) is 5.92 Å². The average molecular weight is 351 g/mol. The molecule has 5 heteroatoms. The van der Waals surface area contributed by atoms with Gasteiger partial charge in [0.25, 0.3) is 0 Å². The molecule has 142 valence electrons. The highest BCUT2D eigenvalue weighted by Gasteiger charge is 2.45. The largest absolute Gasteiger partial charge is 0.381 e. The maximum absolute atomic E-state index is 12.7. The molecule has 25 heavy (non-hydrogen) atoms. The van der Waals surface area contributed by atoms with E-state index in [0.717, 1.165) is 71.1 Å². The molecule has 4 fully saturated rings. The number of piperidine rings is 1. The molecule has 3 aliphatic heterocycles. The van der Waals surface area contributed by atoms with Crippen LogP contribution in [0.25, 0.3) is 0 Å². The standard InChI is InChI=1S/C20H34N2O3/c1-21-15-20(12-18(21)14-25-13-16-2-3-16)6-8-22(9-7-20)19(23)17-4-10-24-11-5-17/h16-18H,2-15H2,1H3. The lowest BCUT2D eigenvalue weighted by Gasteiger charge is -2.40. The second-order valence-electron chi connectivity index (χ2n) is 8.97. The van der Waals surface area contributed by atoms with Crippen molar-refractivity contribution in [1.29, 1.82) is 0 Å². The highest BCUT2D eigenvalue weighted by atomic mass is 16.5. The number of carbonyl (C=O) groups excluding carboxylic acids is 1. The number of likely N-dealkylation sites (N-methyl/N-ethyl adjacent to an activating group) is 1. The van der Waals surface area contributed by atoms with Crippen LogP contribution in [0.4, 0.5) is 0 Å². The summed E-state index contributed by atoms with van der Waals surface area (Å²) in [5.74, 6) is 1.44. The number of carbonyl (C=O) groups is 1. The molecule has 4 aliphatic rings. The van der Waals surface area contributed by atoms with Gasteiger partial charge in [0.15, 0.2) is 0 Å². The van der Waals surface area contributed by atoms with Crippen molar-refractivity contribution < 1.29 is 14.3 Å². The predicted molar refractivity (Wildman–Crippen MR) is 96.4 cm³/mol. The number of likely N-dealkylation sites (tertiary alicyclic amines) is 2. The number of hydrogen-bond acceptors (Lipinski definition) is 4. The van der Waals surface area contributed by atoms with Crippen LogP contribution < -0.4 is 0 Å². The fourth-order valence-corrected chi connectivity index (χ4v) is 4.99. The van der Waals surface area contributed by atoms with Crippen LogP contribution in [-0.4, -0.2) is 74.9 Å². The van der Waals surface area contributed by atoms with Crippen molar-refractivity contribution in [2.45, 2.75) is 51.0 Å². The second kappa shape index (κ2) is 7.53. The first kappa shape index (κ1) is 17.7. The molecule has 0 aromatic carbocycles. The van der Waals surface area contributed by atoms with Gasteiger partial charge in [0, 0.05) is 51.4 Å². The molecular weight excluding hydrogens is 316 g/mol. The second-order valence-corrected chi connectivity index (χ2v) is 8.97. The molecule has 0 N–H and O–H groups in total. The predicted octanol–water partition coefficient (Wildman–Crippen LogP) is 2.15. The summed E-state index contributed by atoms with van der Waals surface area (Å²) in [5.41, 5.74) is 0.412. The lowest BCUT2D eigenvalue weighted by atomic mass is 9.76. The quantitative estimate of drug-likeness (QED) is 0.762. The fraction of sp³-hybridized carbons (Fsp3) is 0.950. The lowest BCUT2D eigenvalue weighted by Crippen LogP contribution is -2.47. The van der Waals surface area contributed by atoms with E-state index < -0.39 is 0 Å². The number of nitrogens with zero attached hydrogens (tertiary/aromatic N) is 2. The van der Waals surface area contributed by atoms with Crippen molar-refractivity contribution in [3.63, 3.8) is 0 Å². The molecule has 0 aromatic rings. The van der Waals surface area contributed by atoms with Crippen LogP contribution >= 0.6 is 0 Å². The van der Waals surface area contributed by atoms with E-state index in [1.54, 1.807) is 0 Å². The van der Waals surface area contributed by atoms with Crippen molar-refractivity contribution in [3.8, 4) is 0 Å². The summed E-state index contributed by atoms with van der Waals surface area (Å²) in [4.78, 5) is 17.4. The van der Waals surface area contributed by atoms with Gasteiger partial charge in [-0.15, -0.1) is 0 Å². The maximum Gasteiger partial charge on any atom is 0.225 e. The van der Waals surface area contributed by atoms with Crippen LogP contribution in [0.3, 0.4) is 0 Å². The Morgan fingerprint density at radius 3 is 2.52 bits per heavy atom. The zero-order valence-electron chi connectivity index (χ0n) is 15.8. The zero-order valence-corrected chi connectivity index (χ0v) is 15.8. The maximum atomic E-state index is 12.7. The van der Waals surface area contributed by atoms with Crippen LogP contribution in [0.1, 0.15) is 44.9 Å². The van der Waals surface area contributed by atoms with E-state index in [1.165, 1.54) is 25.8 Å². The van der Waals surface area contributed by atoms with Gasteiger partial charge in [0.2, 0.25) is 5.91 Å². The Hall–Kier alpha value is -0.650. The minimum absolute atomic E-state index is 0.206. The molecule has 5 nitrogen and oxygen atoms in total. The van der Waals surface area contributed by atoms with Gasteiger partial charge in [-0.05, 0) is 63.3 Å². The summed E-state index contributed by atoms with van der Waals surface area (Å²) in [5, 5.41) is 0. The van der Waals surface area contributed by atoms with Crippen LogP contribution in [0.15, 0.2) is 0 Å². The third-order valence-electron chi connectivity index (χ3n) is 6.94. The average Bonchev–Trinajstić information content (AvgIpc) is 3.41. The monoisotopic (exact) mass is 350 g/mol. The molecular formula is C20H34N2O3. The highest BCUT2D eigenvalue weighted by Crippen LogP contribution is 2.43. The fourth-order valence-electron chi connectivity index (χ4n) is 4.99.